The smallest absolute Gasteiger partial charge is 0.269 e. The molecule has 2 fully saturated rings. The van der Waals surface area contributed by atoms with Crippen molar-refractivity contribution in [2.24, 2.45) is 11.8 Å². The average Bonchev–Trinajstić information content (AvgIpc) is 3.29. The second-order valence-electron chi connectivity index (χ2n) is 6.44. The van der Waals surface area contributed by atoms with Crippen LogP contribution in [0.1, 0.15) is 64.2 Å². The summed E-state index contributed by atoms with van der Waals surface area (Å²) in [6.45, 7) is 0. The molecule has 0 heterocycles. The molecule has 0 radical (unpaired) electrons. The van der Waals surface area contributed by atoms with Crippen molar-refractivity contribution in [3.63, 3.8) is 0 Å². The Morgan fingerprint density at radius 2 is 1.00 bits per heavy atom. The molecule has 4 aliphatic rings. The van der Waals surface area contributed by atoms with Crippen molar-refractivity contribution in [3.05, 3.63) is 47.6 Å². The van der Waals surface area contributed by atoms with Gasteiger partial charge in [-0.3, -0.25) is 21.6 Å². The molecule has 0 aliphatic heterocycles. The zero-order valence-electron chi connectivity index (χ0n) is 13.9. The molecule has 4 rings (SSSR count). The summed E-state index contributed by atoms with van der Waals surface area (Å²) in [4.78, 5) is 0. The van der Waals surface area contributed by atoms with E-state index in [1.165, 1.54) is 62.5 Å². The normalized spacial score (nSPS) is 22.4. The van der Waals surface area contributed by atoms with Gasteiger partial charge in [0.1, 0.15) is 0 Å². The summed E-state index contributed by atoms with van der Waals surface area (Å²) in [6, 6.07) is 0. The van der Waals surface area contributed by atoms with Crippen LogP contribution in [0, 0.1) is 24.0 Å². The molecule has 0 N–H and O–H groups in total. The van der Waals surface area contributed by atoms with Crippen LogP contribution >= 0.6 is 0 Å². The third-order valence-electron chi connectivity index (χ3n) is 5.03. The van der Waals surface area contributed by atoms with E-state index in [9.17, 15) is 0 Å². The van der Waals surface area contributed by atoms with Crippen LogP contribution in [-0.4, -0.2) is 0 Å². The molecule has 0 atom stereocenters. The molecule has 23 heavy (non-hydrogen) atoms. The summed E-state index contributed by atoms with van der Waals surface area (Å²) >= 11 is 0. The zero-order chi connectivity index (χ0) is 13.6. The summed E-state index contributed by atoms with van der Waals surface area (Å²) in [5.41, 5.74) is 3.00. The number of hydrogen-bond donors (Lipinski definition) is 0. The Balaban J connectivity index is 0.000000372. The summed E-state index contributed by atoms with van der Waals surface area (Å²) < 4.78 is 0. The molecule has 2 saturated carbocycles. The molecule has 126 valence electrons. The van der Waals surface area contributed by atoms with Gasteiger partial charge in [0.2, 0.25) is 0 Å². The van der Waals surface area contributed by atoms with Gasteiger partial charge < -0.3 is 0 Å². The number of halogens is 2. The fourth-order valence-corrected chi connectivity index (χ4v) is 3.88. The third kappa shape index (κ3) is 6.51. The van der Waals surface area contributed by atoms with Gasteiger partial charge in [0.05, 0.1) is 0 Å². The van der Waals surface area contributed by atoms with Crippen molar-refractivity contribution in [3.8, 4) is 0 Å². The van der Waals surface area contributed by atoms with E-state index >= 15 is 0 Å². The Morgan fingerprint density at radius 1 is 0.652 bits per heavy atom. The van der Waals surface area contributed by atoms with Gasteiger partial charge in [-0.1, -0.05) is 25.7 Å². The Kier molecular flexibility index (Phi) is 11.7. The predicted octanol–water partition coefficient (Wildman–Crippen LogP) is 6.03. The van der Waals surface area contributed by atoms with E-state index in [4.69, 9.17) is 0 Å². The second-order valence-corrected chi connectivity index (χ2v) is 6.44. The first-order valence-electron chi connectivity index (χ1n) is 8.48. The van der Waals surface area contributed by atoms with Crippen molar-refractivity contribution in [2.45, 2.75) is 64.2 Å². The van der Waals surface area contributed by atoms with Crippen molar-refractivity contribution in [1.29, 1.82) is 0 Å². The quantitative estimate of drug-likeness (QED) is 0.419. The van der Waals surface area contributed by atoms with Crippen molar-refractivity contribution in [2.75, 3.05) is 0 Å². The zero-order valence-corrected chi connectivity index (χ0v) is 15.4. The van der Waals surface area contributed by atoms with Crippen LogP contribution in [0.15, 0.2) is 35.5 Å². The largest absolute Gasteiger partial charge is 2.00 e. The van der Waals surface area contributed by atoms with E-state index < -0.39 is 0 Å². The summed E-state index contributed by atoms with van der Waals surface area (Å²) in [7, 11) is 0. The number of hydrogen-bond acceptors (Lipinski definition) is 0. The number of allylic oxidation sites excluding steroid dienone is 8. The third-order valence-corrected chi connectivity index (χ3v) is 5.03. The molecular weight excluding hydrogens is 326 g/mol. The molecule has 0 aromatic rings. The van der Waals surface area contributed by atoms with E-state index in [2.05, 4.69) is 36.5 Å². The van der Waals surface area contributed by atoms with Gasteiger partial charge in [-0.2, -0.15) is 12.2 Å². The molecule has 0 saturated heterocycles. The summed E-state index contributed by atoms with van der Waals surface area (Å²) in [6.07, 6.45) is 29.3. The fourth-order valence-electron chi connectivity index (χ4n) is 3.88. The molecular formula is C20H28F2Ti. The Morgan fingerprint density at radius 3 is 1.26 bits per heavy atom. The van der Waals surface area contributed by atoms with Gasteiger partial charge in [-0.15, -0.1) is 12.8 Å². The van der Waals surface area contributed by atoms with Crippen LogP contribution in [0.3, 0.4) is 0 Å². The Labute approximate surface area is 154 Å². The minimum absolute atomic E-state index is 0. The Bertz CT molecular complexity index is 395. The second kappa shape index (κ2) is 12.0. The summed E-state index contributed by atoms with van der Waals surface area (Å²) in [5.74, 6) is 1.75. The van der Waals surface area contributed by atoms with Crippen LogP contribution in [0.2, 0.25) is 0 Å². The average molecular weight is 354 g/mol. The van der Waals surface area contributed by atoms with Crippen LogP contribution < -0.4 is 0 Å². The van der Waals surface area contributed by atoms with Gasteiger partial charge in [-0.05, 0) is 37.5 Å². The Hall–Kier alpha value is -0.466. The maximum Gasteiger partial charge on any atom is 2.00 e. The molecule has 0 nitrogen and oxygen atoms in total. The first-order valence-corrected chi connectivity index (χ1v) is 8.48. The first-order chi connectivity index (χ1) is 9.93. The monoisotopic (exact) mass is 354 g/mol. The number of rotatable bonds is 2. The van der Waals surface area contributed by atoms with Crippen molar-refractivity contribution in [1.82, 2.24) is 0 Å². The molecule has 0 spiro atoms. The van der Waals surface area contributed by atoms with Crippen LogP contribution in [-0.2, 0) is 21.7 Å². The molecule has 0 aromatic carbocycles. The minimum Gasteiger partial charge on any atom is -0.269 e. The van der Waals surface area contributed by atoms with Gasteiger partial charge in [0.15, 0.2) is 0 Å². The van der Waals surface area contributed by atoms with Crippen LogP contribution in [0.25, 0.3) is 0 Å². The van der Waals surface area contributed by atoms with Crippen LogP contribution in [0.5, 0.6) is 0 Å². The standard InChI is InChI=1S/2C10H13.2FH.Ti/c2*1-2-6-9(5-1)10-7-3-4-8-10;;;/h2*1,5,10H,2-4,7-8H2;2*1H;/q2*-1;;;+2. The molecule has 0 bridgehead atoms. The SMILES string of the molecule is F.F.[C-]1=C(C2CCCC2)C=CC1.[C-]1=C(C2CCCC2)C=CC1.[Ti+2]. The fraction of sp³-hybridized carbons (Fsp3) is 0.600. The van der Waals surface area contributed by atoms with E-state index in [0.717, 1.165) is 24.7 Å². The minimum atomic E-state index is 0. The van der Waals surface area contributed by atoms with Gasteiger partial charge in [0, 0.05) is 0 Å². The maximum absolute atomic E-state index is 3.40. The topological polar surface area (TPSA) is 0 Å². The van der Waals surface area contributed by atoms with Gasteiger partial charge in [0.25, 0.3) is 0 Å². The van der Waals surface area contributed by atoms with Crippen LogP contribution in [0.4, 0.5) is 9.41 Å². The molecule has 0 unspecified atom stereocenters. The van der Waals surface area contributed by atoms with Crippen molar-refractivity contribution >= 4 is 0 Å². The van der Waals surface area contributed by atoms with E-state index in [-0.39, 0.29) is 31.1 Å². The molecule has 0 aromatic heterocycles. The van der Waals surface area contributed by atoms with Crippen molar-refractivity contribution < 1.29 is 31.1 Å². The molecule has 3 heteroatoms. The van der Waals surface area contributed by atoms with E-state index in [0.29, 0.717) is 0 Å². The van der Waals surface area contributed by atoms with E-state index in [1.807, 2.05) is 0 Å². The maximum atomic E-state index is 3.40. The first kappa shape index (κ1) is 22.5. The molecule has 4 aliphatic carbocycles. The predicted molar refractivity (Wildman–Crippen MR) is 89.9 cm³/mol. The van der Waals surface area contributed by atoms with Gasteiger partial charge >= 0.3 is 21.7 Å². The molecule has 0 amide bonds. The van der Waals surface area contributed by atoms with Gasteiger partial charge in [-0.25, -0.2) is 23.3 Å². The van der Waals surface area contributed by atoms with E-state index in [1.54, 1.807) is 0 Å². The summed E-state index contributed by atoms with van der Waals surface area (Å²) in [5, 5.41) is 0.